The van der Waals surface area contributed by atoms with Crippen LogP contribution in [0.4, 0.5) is 0 Å². The van der Waals surface area contributed by atoms with Gasteiger partial charge in [-0.05, 0) is 33.1 Å². The van der Waals surface area contributed by atoms with Crippen molar-refractivity contribution >= 4 is 21.9 Å². The average molecular weight is 350 g/mol. The fraction of sp³-hybridized carbons (Fsp3) is 0.333. The number of nitrogens with zero attached hydrogens (tertiary/aromatic N) is 6. The zero-order chi connectivity index (χ0) is 18.3. The molecule has 8 heteroatoms. The molecule has 1 aromatic carbocycles. The van der Waals surface area contributed by atoms with Crippen molar-refractivity contribution in [2.75, 3.05) is 20.6 Å². The summed E-state index contributed by atoms with van der Waals surface area (Å²) in [6, 6.07) is 5.77. The molecule has 0 amide bonds. The van der Waals surface area contributed by atoms with Crippen molar-refractivity contribution in [3.05, 3.63) is 36.3 Å². The fourth-order valence-corrected chi connectivity index (χ4v) is 3.14. The Morgan fingerprint density at radius 3 is 2.85 bits per heavy atom. The summed E-state index contributed by atoms with van der Waals surface area (Å²) in [7, 11) is 5.96. The molecule has 4 aromatic rings. The number of benzene rings is 1. The number of fused-ring (bicyclic) bond motifs is 2. The molecule has 134 valence electrons. The summed E-state index contributed by atoms with van der Waals surface area (Å²) in [5.41, 5.74) is 9.99. The fourth-order valence-electron chi connectivity index (χ4n) is 3.14. The summed E-state index contributed by atoms with van der Waals surface area (Å²) in [5.74, 6) is 0.642. The summed E-state index contributed by atoms with van der Waals surface area (Å²) < 4.78 is 1.76. The van der Waals surface area contributed by atoms with Crippen LogP contribution in [0, 0.1) is 0 Å². The summed E-state index contributed by atoms with van der Waals surface area (Å²) >= 11 is 0. The first-order chi connectivity index (χ1) is 12.5. The number of rotatable bonds is 5. The lowest BCUT2D eigenvalue weighted by atomic mass is 10.1. The number of nitrogens with one attached hydrogen (secondary N) is 1. The molecule has 0 radical (unpaired) electrons. The van der Waals surface area contributed by atoms with E-state index in [1.165, 1.54) is 0 Å². The third-order valence-corrected chi connectivity index (χ3v) is 4.59. The Kier molecular flexibility index (Phi) is 4.14. The van der Waals surface area contributed by atoms with Crippen LogP contribution in [0.15, 0.2) is 30.6 Å². The molecule has 26 heavy (non-hydrogen) atoms. The van der Waals surface area contributed by atoms with Crippen molar-refractivity contribution in [1.82, 2.24) is 34.8 Å². The van der Waals surface area contributed by atoms with Crippen molar-refractivity contribution in [3.63, 3.8) is 0 Å². The molecule has 0 bridgehead atoms. The van der Waals surface area contributed by atoms with E-state index < -0.39 is 0 Å². The van der Waals surface area contributed by atoms with E-state index in [2.05, 4.69) is 20.2 Å². The number of hydrogen-bond donors (Lipinski definition) is 2. The van der Waals surface area contributed by atoms with E-state index in [0.717, 1.165) is 46.2 Å². The van der Waals surface area contributed by atoms with Gasteiger partial charge in [-0.3, -0.25) is 9.78 Å². The number of hydrogen-bond acceptors (Lipinski definition) is 6. The molecular weight excluding hydrogens is 328 g/mol. The zero-order valence-corrected chi connectivity index (χ0v) is 15.1. The van der Waals surface area contributed by atoms with Gasteiger partial charge in [-0.25, -0.2) is 9.97 Å². The first kappa shape index (κ1) is 16.6. The van der Waals surface area contributed by atoms with Gasteiger partial charge in [0.1, 0.15) is 0 Å². The molecule has 4 rings (SSSR count). The van der Waals surface area contributed by atoms with Crippen molar-refractivity contribution < 1.29 is 0 Å². The van der Waals surface area contributed by atoms with Crippen LogP contribution < -0.4 is 5.73 Å². The van der Waals surface area contributed by atoms with E-state index >= 15 is 0 Å². The molecule has 0 spiro atoms. The van der Waals surface area contributed by atoms with Crippen molar-refractivity contribution in [2.24, 2.45) is 12.8 Å². The number of aromatic nitrogens is 6. The van der Waals surface area contributed by atoms with Crippen LogP contribution in [0.1, 0.15) is 18.2 Å². The van der Waals surface area contributed by atoms with Crippen LogP contribution in [0.2, 0.25) is 0 Å². The SMILES string of the molecule is CN(C)CCC(N)c1nc(-c2cccc3[nH]ncc23)nc2c1cnn2C. The maximum Gasteiger partial charge on any atom is 0.162 e. The predicted molar refractivity (Wildman–Crippen MR) is 101 cm³/mol. The van der Waals surface area contributed by atoms with Crippen LogP contribution in [-0.4, -0.2) is 55.5 Å². The minimum absolute atomic E-state index is 0.186. The maximum atomic E-state index is 6.49. The van der Waals surface area contributed by atoms with Gasteiger partial charge in [-0.15, -0.1) is 0 Å². The number of aryl methyl sites for hydroxylation is 1. The second-order valence-corrected chi connectivity index (χ2v) is 6.77. The first-order valence-corrected chi connectivity index (χ1v) is 8.57. The Hall–Kier alpha value is -2.84. The average Bonchev–Trinajstić information content (AvgIpc) is 3.25. The lowest BCUT2D eigenvalue weighted by Gasteiger charge is -2.16. The summed E-state index contributed by atoms with van der Waals surface area (Å²) in [6.07, 6.45) is 4.40. The van der Waals surface area contributed by atoms with Gasteiger partial charge in [0.05, 0.1) is 29.0 Å². The summed E-state index contributed by atoms with van der Waals surface area (Å²) in [4.78, 5) is 11.7. The minimum Gasteiger partial charge on any atom is -0.323 e. The van der Waals surface area contributed by atoms with Crippen molar-refractivity contribution in [2.45, 2.75) is 12.5 Å². The smallest absolute Gasteiger partial charge is 0.162 e. The molecule has 0 fully saturated rings. The van der Waals surface area contributed by atoms with Gasteiger partial charge in [0.25, 0.3) is 0 Å². The Morgan fingerprint density at radius 1 is 1.19 bits per heavy atom. The number of H-pyrrole nitrogens is 1. The van der Waals surface area contributed by atoms with Crippen LogP contribution in [-0.2, 0) is 7.05 Å². The van der Waals surface area contributed by atoms with Crippen LogP contribution in [0.3, 0.4) is 0 Å². The largest absolute Gasteiger partial charge is 0.323 e. The third kappa shape index (κ3) is 2.83. The Morgan fingerprint density at radius 2 is 2.04 bits per heavy atom. The molecular formula is C18H22N8. The standard InChI is InChI=1S/C18H22N8/c1-25(2)8-7-14(19)16-13-10-21-26(3)18(13)23-17(22-16)11-5-4-6-15-12(11)9-20-24-15/h4-6,9-10,14H,7-8,19H2,1-3H3,(H,20,24). The van der Waals surface area contributed by atoms with Gasteiger partial charge >= 0.3 is 0 Å². The maximum absolute atomic E-state index is 6.49. The molecule has 8 nitrogen and oxygen atoms in total. The molecule has 0 saturated heterocycles. The van der Waals surface area contributed by atoms with Crippen LogP contribution in [0.25, 0.3) is 33.3 Å². The summed E-state index contributed by atoms with van der Waals surface area (Å²) in [5, 5.41) is 13.4. The molecule has 1 atom stereocenters. The molecule has 0 aliphatic heterocycles. The van der Waals surface area contributed by atoms with E-state index in [-0.39, 0.29) is 6.04 Å². The molecule has 3 aromatic heterocycles. The monoisotopic (exact) mass is 350 g/mol. The van der Waals surface area contributed by atoms with Gasteiger partial charge in [0, 0.05) is 24.0 Å². The molecule has 0 saturated carbocycles. The molecule has 0 aliphatic rings. The van der Waals surface area contributed by atoms with Crippen molar-refractivity contribution in [3.8, 4) is 11.4 Å². The van der Waals surface area contributed by atoms with Crippen LogP contribution in [0.5, 0.6) is 0 Å². The molecule has 0 aliphatic carbocycles. The highest BCUT2D eigenvalue weighted by Crippen LogP contribution is 2.29. The van der Waals surface area contributed by atoms with Gasteiger partial charge in [-0.2, -0.15) is 10.2 Å². The Labute approximate surface area is 151 Å². The van der Waals surface area contributed by atoms with Crippen LogP contribution >= 0.6 is 0 Å². The van der Waals surface area contributed by atoms with Gasteiger partial charge < -0.3 is 10.6 Å². The Balaban J connectivity index is 1.88. The molecule has 3 N–H and O–H groups in total. The zero-order valence-electron chi connectivity index (χ0n) is 15.1. The highest BCUT2D eigenvalue weighted by Gasteiger charge is 2.19. The topological polar surface area (TPSA) is 102 Å². The van der Waals surface area contributed by atoms with Crippen molar-refractivity contribution in [1.29, 1.82) is 0 Å². The lowest BCUT2D eigenvalue weighted by molar-refractivity contribution is 0.381. The number of nitrogens with two attached hydrogens (primary N) is 1. The van der Waals surface area contributed by atoms with E-state index in [9.17, 15) is 0 Å². The molecule has 1 unspecified atom stereocenters. The van der Waals surface area contributed by atoms with E-state index in [4.69, 9.17) is 15.7 Å². The van der Waals surface area contributed by atoms with Gasteiger partial charge in [0.15, 0.2) is 11.5 Å². The predicted octanol–water partition coefficient (Wildman–Crippen LogP) is 1.86. The van der Waals surface area contributed by atoms with E-state index in [1.807, 2.05) is 39.3 Å². The van der Waals surface area contributed by atoms with E-state index in [0.29, 0.717) is 5.82 Å². The highest BCUT2D eigenvalue weighted by molar-refractivity contribution is 5.93. The second kappa shape index (κ2) is 6.47. The quantitative estimate of drug-likeness (QED) is 0.570. The van der Waals surface area contributed by atoms with Gasteiger partial charge in [-0.1, -0.05) is 12.1 Å². The highest BCUT2D eigenvalue weighted by atomic mass is 15.3. The first-order valence-electron chi connectivity index (χ1n) is 8.57. The molecule has 3 heterocycles. The normalized spacial score (nSPS) is 13.1. The number of aromatic amines is 1. The Bertz CT molecular complexity index is 1060. The third-order valence-electron chi connectivity index (χ3n) is 4.59. The van der Waals surface area contributed by atoms with Gasteiger partial charge in [0.2, 0.25) is 0 Å². The van der Waals surface area contributed by atoms with E-state index in [1.54, 1.807) is 17.1 Å². The summed E-state index contributed by atoms with van der Waals surface area (Å²) in [6.45, 7) is 0.888. The second-order valence-electron chi connectivity index (χ2n) is 6.77. The minimum atomic E-state index is -0.186. The lowest BCUT2D eigenvalue weighted by Crippen LogP contribution is -2.21.